The normalized spacial score (nSPS) is 19.0. The summed E-state index contributed by atoms with van der Waals surface area (Å²) in [5.41, 5.74) is 1.08. The number of para-hydroxylation sites is 2. The lowest BCUT2D eigenvalue weighted by Crippen LogP contribution is -2.48. The molecule has 0 saturated carbocycles. The third-order valence-electron chi connectivity index (χ3n) is 5.04. The van der Waals surface area contributed by atoms with Crippen molar-refractivity contribution >= 4 is 21.6 Å². The number of nitrogens with zero attached hydrogens (tertiary/aromatic N) is 2. The van der Waals surface area contributed by atoms with E-state index in [1.165, 1.54) is 4.70 Å². The summed E-state index contributed by atoms with van der Waals surface area (Å²) in [6, 6.07) is 18.4. The lowest BCUT2D eigenvalue weighted by molar-refractivity contribution is 0.0560. The zero-order valence-electron chi connectivity index (χ0n) is 16.0. The molecule has 3 aromatic rings. The molecule has 0 amide bonds. The second kappa shape index (κ2) is 9.47. The zero-order valence-corrected chi connectivity index (χ0v) is 16.8. The van der Waals surface area contributed by atoms with E-state index in [-0.39, 0.29) is 0 Å². The van der Waals surface area contributed by atoms with E-state index < -0.39 is 6.10 Å². The number of aromatic nitrogens is 1. The maximum atomic E-state index is 10.3. The highest BCUT2D eigenvalue weighted by Gasteiger charge is 2.22. The monoisotopic (exact) mass is 397 g/mol. The SMILES string of the molecule is OC(COc1ccccc1)CN1CCCC(NCc2nc3ccccc3s2)C1. The molecule has 0 radical (unpaired) electrons. The lowest BCUT2D eigenvalue weighted by atomic mass is 10.1. The van der Waals surface area contributed by atoms with Gasteiger partial charge in [-0.15, -0.1) is 11.3 Å². The predicted molar refractivity (Wildman–Crippen MR) is 114 cm³/mol. The van der Waals surface area contributed by atoms with Gasteiger partial charge in [-0.25, -0.2) is 4.98 Å². The highest BCUT2D eigenvalue weighted by atomic mass is 32.1. The maximum absolute atomic E-state index is 10.3. The van der Waals surface area contributed by atoms with Crippen LogP contribution in [-0.2, 0) is 6.54 Å². The molecule has 6 heteroatoms. The van der Waals surface area contributed by atoms with Crippen LogP contribution >= 0.6 is 11.3 Å². The predicted octanol–water partition coefficient (Wildman–Crippen LogP) is 3.29. The van der Waals surface area contributed by atoms with Crippen molar-refractivity contribution in [3.8, 4) is 5.75 Å². The topological polar surface area (TPSA) is 57.6 Å². The first-order chi connectivity index (χ1) is 13.8. The first-order valence-electron chi connectivity index (χ1n) is 9.92. The molecule has 2 aromatic carbocycles. The Morgan fingerprint density at radius 2 is 2.00 bits per heavy atom. The van der Waals surface area contributed by atoms with Gasteiger partial charge in [-0.2, -0.15) is 0 Å². The van der Waals surface area contributed by atoms with E-state index in [4.69, 9.17) is 9.72 Å². The Hall–Kier alpha value is -1.99. The van der Waals surface area contributed by atoms with E-state index in [1.54, 1.807) is 11.3 Å². The summed E-state index contributed by atoms with van der Waals surface area (Å²) in [5, 5.41) is 15.1. The van der Waals surface area contributed by atoms with Crippen molar-refractivity contribution in [2.75, 3.05) is 26.2 Å². The number of hydrogen-bond acceptors (Lipinski definition) is 6. The van der Waals surface area contributed by atoms with Crippen molar-refractivity contribution in [3.05, 3.63) is 59.6 Å². The van der Waals surface area contributed by atoms with Gasteiger partial charge in [-0.1, -0.05) is 30.3 Å². The van der Waals surface area contributed by atoms with Crippen molar-refractivity contribution in [1.29, 1.82) is 0 Å². The van der Waals surface area contributed by atoms with E-state index in [0.29, 0.717) is 19.2 Å². The molecule has 28 heavy (non-hydrogen) atoms. The number of β-amino-alcohol motifs (C(OH)–C–C–N with tert-alkyl or cyclic N) is 1. The zero-order chi connectivity index (χ0) is 19.2. The van der Waals surface area contributed by atoms with Gasteiger partial charge in [0.05, 0.1) is 10.2 Å². The Labute approximate surface area is 170 Å². The van der Waals surface area contributed by atoms with E-state index >= 15 is 0 Å². The van der Waals surface area contributed by atoms with E-state index in [0.717, 1.165) is 48.7 Å². The van der Waals surface area contributed by atoms with Crippen LogP contribution in [0.15, 0.2) is 54.6 Å². The average molecular weight is 398 g/mol. The van der Waals surface area contributed by atoms with Gasteiger partial charge in [-0.3, -0.25) is 4.90 Å². The fourth-order valence-corrected chi connectivity index (χ4v) is 4.59. The largest absolute Gasteiger partial charge is 0.491 e. The molecule has 2 heterocycles. The average Bonchev–Trinajstić information content (AvgIpc) is 3.15. The van der Waals surface area contributed by atoms with Crippen LogP contribution in [0.1, 0.15) is 17.8 Å². The molecule has 2 N–H and O–H groups in total. The first kappa shape index (κ1) is 19.3. The quantitative estimate of drug-likeness (QED) is 0.611. The molecule has 1 saturated heterocycles. The van der Waals surface area contributed by atoms with Gasteiger partial charge in [0, 0.05) is 25.7 Å². The number of benzene rings is 2. The van der Waals surface area contributed by atoms with Gasteiger partial charge in [0.25, 0.3) is 0 Å². The van der Waals surface area contributed by atoms with Gasteiger partial charge in [0.1, 0.15) is 23.5 Å². The van der Waals surface area contributed by atoms with E-state index in [2.05, 4.69) is 28.4 Å². The summed E-state index contributed by atoms with van der Waals surface area (Å²) in [4.78, 5) is 7.04. The Balaban J connectivity index is 1.22. The smallest absolute Gasteiger partial charge is 0.119 e. The molecule has 1 fully saturated rings. The molecule has 0 spiro atoms. The van der Waals surface area contributed by atoms with Crippen LogP contribution in [0.4, 0.5) is 0 Å². The molecule has 148 valence electrons. The molecule has 5 nitrogen and oxygen atoms in total. The number of nitrogens with one attached hydrogen (secondary N) is 1. The van der Waals surface area contributed by atoms with Crippen molar-refractivity contribution in [3.63, 3.8) is 0 Å². The Morgan fingerprint density at radius 1 is 1.18 bits per heavy atom. The molecule has 1 aliphatic rings. The first-order valence-corrected chi connectivity index (χ1v) is 10.7. The summed E-state index contributed by atoms with van der Waals surface area (Å²) in [6.07, 6.45) is 1.82. The molecular weight excluding hydrogens is 370 g/mol. The lowest BCUT2D eigenvalue weighted by Gasteiger charge is -2.34. The molecule has 1 aliphatic heterocycles. The molecule has 0 aliphatic carbocycles. The van der Waals surface area contributed by atoms with E-state index in [1.807, 2.05) is 36.4 Å². The third-order valence-corrected chi connectivity index (χ3v) is 6.08. The van der Waals surface area contributed by atoms with Crippen LogP contribution in [0.5, 0.6) is 5.75 Å². The highest BCUT2D eigenvalue weighted by Crippen LogP contribution is 2.22. The number of piperidine rings is 1. The van der Waals surface area contributed by atoms with Gasteiger partial charge in [0.2, 0.25) is 0 Å². The minimum Gasteiger partial charge on any atom is -0.491 e. The number of aliphatic hydroxyl groups is 1. The summed E-state index contributed by atoms with van der Waals surface area (Å²) in [5.74, 6) is 0.801. The summed E-state index contributed by atoms with van der Waals surface area (Å²) in [6.45, 7) is 3.75. The third kappa shape index (κ3) is 5.29. The van der Waals surface area contributed by atoms with Crippen molar-refractivity contribution < 1.29 is 9.84 Å². The molecular formula is C22H27N3O2S. The number of thiazole rings is 1. The second-order valence-corrected chi connectivity index (χ2v) is 8.45. The Morgan fingerprint density at radius 3 is 2.86 bits per heavy atom. The Kier molecular flexibility index (Phi) is 6.54. The summed E-state index contributed by atoms with van der Waals surface area (Å²) >= 11 is 1.76. The number of likely N-dealkylation sites (tertiary alicyclic amines) is 1. The van der Waals surface area contributed by atoms with Gasteiger partial charge >= 0.3 is 0 Å². The number of ether oxygens (including phenoxy) is 1. The second-order valence-electron chi connectivity index (χ2n) is 7.33. The molecule has 2 atom stereocenters. The fourth-order valence-electron chi connectivity index (χ4n) is 3.68. The minimum absolute atomic E-state index is 0.324. The minimum atomic E-state index is -0.483. The highest BCUT2D eigenvalue weighted by molar-refractivity contribution is 7.18. The molecule has 1 aromatic heterocycles. The van der Waals surface area contributed by atoms with Crippen LogP contribution in [-0.4, -0.2) is 53.4 Å². The number of fused-ring (bicyclic) bond motifs is 1. The number of rotatable bonds is 8. The summed E-state index contributed by atoms with van der Waals surface area (Å²) < 4.78 is 6.91. The van der Waals surface area contributed by atoms with Crippen LogP contribution < -0.4 is 10.1 Å². The molecule has 2 unspecified atom stereocenters. The number of hydrogen-bond donors (Lipinski definition) is 2. The van der Waals surface area contributed by atoms with Gasteiger partial charge in [0.15, 0.2) is 0 Å². The molecule has 4 rings (SSSR count). The molecule has 0 bridgehead atoms. The van der Waals surface area contributed by atoms with Crippen LogP contribution in [0.25, 0.3) is 10.2 Å². The van der Waals surface area contributed by atoms with Gasteiger partial charge < -0.3 is 15.2 Å². The maximum Gasteiger partial charge on any atom is 0.119 e. The number of aliphatic hydroxyl groups excluding tert-OH is 1. The van der Waals surface area contributed by atoms with Gasteiger partial charge in [-0.05, 0) is 43.7 Å². The van der Waals surface area contributed by atoms with Crippen molar-refractivity contribution in [2.24, 2.45) is 0 Å². The van der Waals surface area contributed by atoms with Crippen LogP contribution in [0.2, 0.25) is 0 Å². The summed E-state index contributed by atoms with van der Waals surface area (Å²) in [7, 11) is 0. The van der Waals surface area contributed by atoms with Crippen LogP contribution in [0.3, 0.4) is 0 Å². The van der Waals surface area contributed by atoms with E-state index in [9.17, 15) is 5.11 Å². The Bertz CT molecular complexity index is 837. The van der Waals surface area contributed by atoms with Crippen LogP contribution in [0, 0.1) is 0 Å². The van der Waals surface area contributed by atoms with Crippen molar-refractivity contribution in [1.82, 2.24) is 15.2 Å². The standard InChI is InChI=1S/C22H27N3O2S/c26-18(16-27-19-8-2-1-3-9-19)15-25-12-6-7-17(14-25)23-13-22-24-20-10-4-5-11-21(20)28-22/h1-5,8-11,17-18,23,26H,6-7,12-16H2. The fraction of sp³-hybridized carbons (Fsp3) is 0.409. The van der Waals surface area contributed by atoms with Crippen molar-refractivity contribution in [2.45, 2.75) is 31.5 Å².